The average Bonchev–Trinajstić information content (AvgIpc) is 2.46. The lowest BCUT2D eigenvalue weighted by Crippen LogP contribution is -2.30. The Hall–Kier alpha value is -2.43. The standard InChI is InChI=1S/C15H18N4O/c1-11(2)18-14(20)13-8-9-16-15(19-13)17-10-12-6-4-3-5-7-12/h3-9,11H,10H2,1-2H3,(H,18,20)(H,16,17,19). The van der Waals surface area contributed by atoms with E-state index in [0.717, 1.165) is 5.56 Å². The second-order valence-corrected chi connectivity index (χ2v) is 4.73. The maximum absolute atomic E-state index is 11.9. The van der Waals surface area contributed by atoms with Gasteiger partial charge in [0, 0.05) is 18.8 Å². The summed E-state index contributed by atoms with van der Waals surface area (Å²) in [6.07, 6.45) is 1.58. The van der Waals surface area contributed by atoms with Gasteiger partial charge in [0.2, 0.25) is 5.95 Å². The molecule has 0 radical (unpaired) electrons. The highest BCUT2D eigenvalue weighted by atomic mass is 16.1. The van der Waals surface area contributed by atoms with Crippen molar-refractivity contribution >= 4 is 11.9 Å². The van der Waals surface area contributed by atoms with Gasteiger partial charge < -0.3 is 10.6 Å². The van der Waals surface area contributed by atoms with E-state index in [1.54, 1.807) is 12.3 Å². The van der Waals surface area contributed by atoms with Gasteiger partial charge >= 0.3 is 0 Å². The number of nitrogens with one attached hydrogen (secondary N) is 2. The first kappa shape index (κ1) is 14.0. The van der Waals surface area contributed by atoms with Crippen LogP contribution in [-0.2, 0) is 6.54 Å². The summed E-state index contributed by atoms with van der Waals surface area (Å²) >= 11 is 0. The average molecular weight is 270 g/mol. The summed E-state index contributed by atoms with van der Waals surface area (Å²) in [4.78, 5) is 20.2. The molecule has 0 atom stereocenters. The predicted molar refractivity (Wildman–Crippen MR) is 78.4 cm³/mol. The second kappa shape index (κ2) is 6.65. The molecule has 1 amide bonds. The van der Waals surface area contributed by atoms with Crippen molar-refractivity contribution in [2.75, 3.05) is 5.32 Å². The van der Waals surface area contributed by atoms with Gasteiger partial charge in [-0.1, -0.05) is 30.3 Å². The van der Waals surface area contributed by atoms with E-state index in [9.17, 15) is 4.79 Å². The van der Waals surface area contributed by atoms with Crippen LogP contribution in [0, 0.1) is 0 Å². The number of anilines is 1. The van der Waals surface area contributed by atoms with E-state index in [1.165, 1.54) is 0 Å². The number of rotatable bonds is 5. The highest BCUT2D eigenvalue weighted by Crippen LogP contribution is 2.05. The van der Waals surface area contributed by atoms with Gasteiger partial charge in [-0.15, -0.1) is 0 Å². The molecule has 0 spiro atoms. The Morgan fingerprint density at radius 1 is 1.20 bits per heavy atom. The van der Waals surface area contributed by atoms with E-state index in [-0.39, 0.29) is 11.9 Å². The first-order chi connectivity index (χ1) is 9.65. The van der Waals surface area contributed by atoms with E-state index in [4.69, 9.17) is 0 Å². The molecule has 1 aromatic heterocycles. The van der Waals surface area contributed by atoms with Crippen molar-refractivity contribution in [3.05, 3.63) is 53.9 Å². The van der Waals surface area contributed by atoms with Crippen molar-refractivity contribution in [3.63, 3.8) is 0 Å². The minimum Gasteiger partial charge on any atom is -0.350 e. The molecule has 0 aliphatic rings. The molecule has 104 valence electrons. The first-order valence-corrected chi connectivity index (χ1v) is 6.57. The molecular formula is C15H18N4O. The van der Waals surface area contributed by atoms with Crippen LogP contribution >= 0.6 is 0 Å². The Kier molecular flexibility index (Phi) is 4.65. The fraction of sp³-hybridized carbons (Fsp3) is 0.267. The van der Waals surface area contributed by atoms with Crippen LogP contribution in [0.2, 0.25) is 0 Å². The van der Waals surface area contributed by atoms with Gasteiger partial charge in [0.05, 0.1) is 0 Å². The molecule has 0 saturated carbocycles. The van der Waals surface area contributed by atoms with E-state index in [2.05, 4.69) is 20.6 Å². The monoisotopic (exact) mass is 270 g/mol. The highest BCUT2D eigenvalue weighted by molar-refractivity contribution is 5.92. The Morgan fingerprint density at radius 2 is 1.95 bits per heavy atom. The van der Waals surface area contributed by atoms with Crippen molar-refractivity contribution in [1.82, 2.24) is 15.3 Å². The quantitative estimate of drug-likeness (QED) is 0.874. The number of carbonyl (C=O) groups excluding carboxylic acids is 1. The number of aromatic nitrogens is 2. The van der Waals surface area contributed by atoms with Crippen molar-refractivity contribution in [2.24, 2.45) is 0 Å². The summed E-state index contributed by atoms with van der Waals surface area (Å²) in [5.74, 6) is 0.260. The van der Waals surface area contributed by atoms with Crippen LogP contribution in [0.5, 0.6) is 0 Å². The van der Waals surface area contributed by atoms with E-state index in [1.807, 2.05) is 44.2 Å². The molecule has 1 heterocycles. The molecule has 1 aromatic carbocycles. The second-order valence-electron chi connectivity index (χ2n) is 4.73. The molecule has 0 saturated heterocycles. The Morgan fingerprint density at radius 3 is 2.65 bits per heavy atom. The molecule has 2 aromatic rings. The van der Waals surface area contributed by atoms with Gasteiger partial charge in [-0.2, -0.15) is 0 Å². The van der Waals surface area contributed by atoms with Crippen LogP contribution in [-0.4, -0.2) is 21.9 Å². The molecule has 20 heavy (non-hydrogen) atoms. The first-order valence-electron chi connectivity index (χ1n) is 6.57. The molecule has 0 bridgehead atoms. The van der Waals surface area contributed by atoms with E-state index < -0.39 is 0 Å². The number of hydrogen-bond donors (Lipinski definition) is 2. The normalized spacial score (nSPS) is 10.3. The van der Waals surface area contributed by atoms with Crippen LogP contribution in [0.4, 0.5) is 5.95 Å². The molecular weight excluding hydrogens is 252 g/mol. The summed E-state index contributed by atoms with van der Waals surface area (Å²) in [6.45, 7) is 4.44. The zero-order chi connectivity index (χ0) is 14.4. The molecule has 0 aliphatic heterocycles. The van der Waals surface area contributed by atoms with Gasteiger partial charge in [-0.3, -0.25) is 4.79 Å². The van der Waals surface area contributed by atoms with Gasteiger partial charge in [-0.25, -0.2) is 9.97 Å². The Balaban J connectivity index is 2.01. The number of nitrogens with zero attached hydrogens (tertiary/aromatic N) is 2. The Bertz CT molecular complexity index is 569. The third-order valence-corrected chi connectivity index (χ3v) is 2.60. The van der Waals surface area contributed by atoms with Crippen LogP contribution in [0.3, 0.4) is 0 Å². The van der Waals surface area contributed by atoms with Gasteiger partial charge in [0.15, 0.2) is 0 Å². The van der Waals surface area contributed by atoms with Crippen molar-refractivity contribution in [3.8, 4) is 0 Å². The minimum absolute atomic E-state index is 0.0817. The van der Waals surface area contributed by atoms with Gasteiger partial charge in [0.1, 0.15) is 5.69 Å². The zero-order valence-corrected chi connectivity index (χ0v) is 11.6. The lowest BCUT2D eigenvalue weighted by molar-refractivity contribution is 0.0938. The smallest absolute Gasteiger partial charge is 0.270 e. The topological polar surface area (TPSA) is 66.9 Å². The van der Waals surface area contributed by atoms with Gasteiger partial charge in [0.25, 0.3) is 5.91 Å². The highest BCUT2D eigenvalue weighted by Gasteiger charge is 2.09. The summed E-state index contributed by atoms with van der Waals surface area (Å²) < 4.78 is 0. The summed E-state index contributed by atoms with van der Waals surface area (Å²) in [7, 11) is 0. The van der Waals surface area contributed by atoms with Crippen LogP contribution in [0.25, 0.3) is 0 Å². The fourth-order valence-corrected chi connectivity index (χ4v) is 1.68. The molecule has 5 nitrogen and oxygen atoms in total. The SMILES string of the molecule is CC(C)NC(=O)c1ccnc(NCc2ccccc2)n1. The third-order valence-electron chi connectivity index (χ3n) is 2.60. The van der Waals surface area contributed by atoms with Crippen molar-refractivity contribution in [1.29, 1.82) is 0 Å². The third kappa shape index (κ3) is 4.05. The number of benzene rings is 1. The Labute approximate surface area is 118 Å². The number of amides is 1. The largest absolute Gasteiger partial charge is 0.350 e. The molecule has 2 N–H and O–H groups in total. The lowest BCUT2D eigenvalue weighted by atomic mass is 10.2. The number of hydrogen-bond acceptors (Lipinski definition) is 4. The number of carbonyl (C=O) groups is 1. The van der Waals surface area contributed by atoms with Crippen molar-refractivity contribution in [2.45, 2.75) is 26.4 Å². The molecule has 2 rings (SSSR count). The molecule has 0 unspecified atom stereocenters. The van der Waals surface area contributed by atoms with E-state index >= 15 is 0 Å². The van der Waals surface area contributed by atoms with Crippen LogP contribution < -0.4 is 10.6 Å². The van der Waals surface area contributed by atoms with Gasteiger partial charge in [-0.05, 0) is 25.5 Å². The zero-order valence-electron chi connectivity index (χ0n) is 11.6. The molecule has 5 heteroatoms. The maximum atomic E-state index is 11.9. The van der Waals surface area contributed by atoms with Crippen molar-refractivity contribution < 1.29 is 4.79 Å². The lowest BCUT2D eigenvalue weighted by Gasteiger charge is -2.09. The summed E-state index contributed by atoms with van der Waals surface area (Å²) in [5.41, 5.74) is 1.50. The predicted octanol–water partition coefficient (Wildman–Crippen LogP) is 2.23. The van der Waals surface area contributed by atoms with E-state index in [0.29, 0.717) is 18.2 Å². The molecule has 0 aliphatic carbocycles. The summed E-state index contributed by atoms with van der Waals surface area (Å²) in [5, 5.41) is 5.91. The fourth-order valence-electron chi connectivity index (χ4n) is 1.68. The minimum atomic E-state index is -0.190. The summed E-state index contributed by atoms with van der Waals surface area (Å²) in [6, 6.07) is 11.6. The van der Waals surface area contributed by atoms with Crippen LogP contribution in [0.15, 0.2) is 42.6 Å². The molecule has 0 fully saturated rings. The van der Waals surface area contributed by atoms with Crippen LogP contribution in [0.1, 0.15) is 29.9 Å². The maximum Gasteiger partial charge on any atom is 0.270 e.